The molecule has 8 heteroatoms. The number of aromatic amines is 1. The van der Waals surface area contributed by atoms with Crippen molar-refractivity contribution in [2.24, 2.45) is 5.92 Å². The summed E-state index contributed by atoms with van der Waals surface area (Å²) < 4.78 is 13.9. The summed E-state index contributed by atoms with van der Waals surface area (Å²) in [4.78, 5) is 4.61. The van der Waals surface area contributed by atoms with Crippen LogP contribution < -0.4 is 0 Å². The molecular weight excluding hydrogens is 381 g/mol. The number of thioether (sulfide) groups is 1. The Balaban J connectivity index is 1.36. The van der Waals surface area contributed by atoms with E-state index in [4.69, 9.17) is 0 Å². The molecule has 1 aliphatic rings. The lowest BCUT2D eigenvalue weighted by atomic mass is 10.0. The second kappa shape index (κ2) is 8.48. The minimum absolute atomic E-state index is 0.0569. The van der Waals surface area contributed by atoms with E-state index in [1.807, 2.05) is 6.92 Å². The molecular formula is C19H22FN5S2. The molecule has 3 aromatic rings. The highest BCUT2D eigenvalue weighted by Crippen LogP contribution is 2.37. The van der Waals surface area contributed by atoms with Crippen LogP contribution in [-0.4, -0.2) is 25.4 Å². The summed E-state index contributed by atoms with van der Waals surface area (Å²) in [6.07, 6.45) is 7.61. The van der Waals surface area contributed by atoms with Crippen LogP contribution in [0.4, 0.5) is 4.39 Å². The maximum absolute atomic E-state index is 13.9. The van der Waals surface area contributed by atoms with Crippen LogP contribution in [0.1, 0.15) is 55.1 Å². The average molecular weight is 404 g/mol. The molecule has 0 saturated heterocycles. The number of halogens is 1. The lowest BCUT2D eigenvalue weighted by molar-refractivity contribution is 0.497. The number of hydrogen-bond acceptors (Lipinski definition) is 6. The van der Waals surface area contributed by atoms with Crippen LogP contribution in [-0.2, 0) is 6.42 Å². The van der Waals surface area contributed by atoms with Gasteiger partial charge in [0.25, 0.3) is 0 Å². The first-order chi connectivity index (χ1) is 13.2. The standard InChI is InChI=1S/C19H22FN5S2/c1-12(17-23-24-18(27-17)14-8-4-5-9-15(14)20)26-19-21-16(22-25-19)11-10-13-6-2-3-7-13/h4-5,8-9,12-13H,2-3,6-7,10-11H2,1H3,(H,21,22,25). The molecule has 0 bridgehead atoms. The highest BCUT2D eigenvalue weighted by molar-refractivity contribution is 7.99. The second-order valence-corrected chi connectivity index (χ2v) is 9.26. The number of aryl methyl sites for hydroxylation is 1. The number of hydrogen-bond donors (Lipinski definition) is 1. The van der Waals surface area contributed by atoms with Crippen molar-refractivity contribution in [1.82, 2.24) is 25.4 Å². The van der Waals surface area contributed by atoms with E-state index in [-0.39, 0.29) is 11.1 Å². The van der Waals surface area contributed by atoms with Gasteiger partial charge in [-0.05, 0) is 31.4 Å². The zero-order valence-corrected chi connectivity index (χ0v) is 16.8. The molecule has 1 aliphatic carbocycles. The number of aromatic nitrogens is 5. The van der Waals surface area contributed by atoms with Gasteiger partial charge in [0.1, 0.15) is 16.6 Å². The number of nitrogens with zero attached hydrogens (tertiary/aromatic N) is 4. The van der Waals surface area contributed by atoms with Crippen molar-refractivity contribution < 1.29 is 4.39 Å². The fourth-order valence-corrected chi connectivity index (χ4v) is 5.25. The molecule has 0 spiro atoms. The molecule has 0 amide bonds. The van der Waals surface area contributed by atoms with Crippen LogP contribution in [0.25, 0.3) is 10.6 Å². The minimum Gasteiger partial charge on any atom is -0.262 e. The molecule has 1 N–H and O–H groups in total. The van der Waals surface area contributed by atoms with Gasteiger partial charge in [0.15, 0.2) is 5.01 Å². The van der Waals surface area contributed by atoms with E-state index in [1.165, 1.54) is 49.5 Å². The quantitative estimate of drug-likeness (QED) is 0.532. The second-order valence-electron chi connectivity index (χ2n) is 6.94. The van der Waals surface area contributed by atoms with Gasteiger partial charge < -0.3 is 0 Å². The Morgan fingerprint density at radius 2 is 2.07 bits per heavy atom. The highest BCUT2D eigenvalue weighted by Gasteiger charge is 2.19. The summed E-state index contributed by atoms with van der Waals surface area (Å²) in [5.74, 6) is 1.53. The lowest BCUT2D eigenvalue weighted by Gasteiger charge is -2.05. The maximum atomic E-state index is 13.9. The summed E-state index contributed by atoms with van der Waals surface area (Å²) in [5, 5.41) is 18.0. The molecule has 27 heavy (non-hydrogen) atoms. The van der Waals surface area contributed by atoms with Crippen molar-refractivity contribution in [3.05, 3.63) is 40.9 Å². The van der Waals surface area contributed by atoms with Crippen molar-refractivity contribution in [1.29, 1.82) is 0 Å². The summed E-state index contributed by atoms with van der Waals surface area (Å²) in [6, 6.07) is 6.64. The van der Waals surface area contributed by atoms with Crippen molar-refractivity contribution in [2.75, 3.05) is 0 Å². The van der Waals surface area contributed by atoms with E-state index >= 15 is 0 Å². The molecule has 1 atom stereocenters. The monoisotopic (exact) mass is 403 g/mol. The summed E-state index contributed by atoms with van der Waals surface area (Å²) in [6.45, 7) is 2.05. The van der Waals surface area contributed by atoms with E-state index in [1.54, 1.807) is 30.0 Å². The van der Waals surface area contributed by atoms with Gasteiger partial charge in [0.05, 0.1) is 5.25 Å². The highest BCUT2D eigenvalue weighted by atomic mass is 32.2. The fourth-order valence-electron chi connectivity index (χ4n) is 3.43. The number of rotatable bonds is 7. The van der Waals surface area contributed by atoms with Crippen LogP contribution in [0, 0.1) is 11.7 Å². The van der Waals surface area contributed by atoms with Crippen LogP contribution in [0.3, 0.4) is 0 Å². The van der Waals surface area contributed by atoms with Crippen molar-refractivity contribution in [3.63, 3.8) is 0 Å². The predicted octanol–water partition coefficient (Wildman–Crippen LogP) is 5.44. The topological polar surface area (TPSA) is 67.3 Å². The van der Waals surface area contributed by atoms with Gasteiger partial charge in [0.2, 0.25) is 5.16 Å². The summed E-state index contributed by atoms with van der Waals surface area (Å²) >= 11 is 2.96. The van der Waals surface area contributed by atoms with Gasteiger partial charge in [-0.15, -0.1) is 15.3 Å². The predicted molar refractivity (Wildman–Crippen MR) is 106 cm³/mol. The van der Waals surface area contributed by atoms with Crippen LogP contribution in [0.15, 0.2) is 29.4 Å². The number of H-pyrrole nitrogens is 1. The number of benzene rings is 1. The molecule has 0 radical (unpaired) electrons. The third kappa shape index (κ3) is 4.55. The number of nitrogens with one attached hydrogen (secondary N) is 1. The zero-order valence-electron chi connectivity index (χ0n) is 15.2. The average Bonchev–Trinajstić information content (AvgIpc) is 3.42. The minimum atomic E-state index is -0.277. The van der Waals surface area contributed by atoms with Gasteiger partial charge in [0, 0.05) is 12.0 Å². The third-order valence-electron chi connectivity index (χ3n) is 4.95. The molecule has 0 aliphatic heterocycles. The summed E-state index contributed by atoms with van der Waals surface area (Å²) in [7, 11) is 0. The Morgan fingerprint density at radius 1 is 1.26 bits per heavy atom. The van der Waals surface area contributed by atoms with E-state index in [2.05, 4.69) is 25.4 Å². The molecule has 1 fully saturated rings. The maximum Gasteiger partial charge on any atom is 0.209 e. The Labute approximate surface area is 166 Å². The van der Waals surface area contributed by atoms with E-state index in [0.717, 1.165) is 28.3 Å². The molecule has 2 aromatic heterocycles. The third-order valence-corrected chi connectivity index (χ3v) is 7.21. The molecule has 1 aromatic carbocycles. The lowest BCUT2D eigenvalue weighted by Crippen LogP contribution is -1.97. The zero-order chi connectivity index (χ0) is 18.6. The van der Waals surface area contributed by atoms with E-state index < -0.39 is 0 Å². The van der Waals surface area contributed by atoms with Gasteiger partial charge in [-0.1, -0.05) is 60.9 Å². The van der Waals surface area contributed by atoms with E-state index in [9.17, 15) is 4.39 Å². The van der Waals surface area contributed by atoms with Gasteiger partial charge in [-0.2, -0.15) is 0 Å². The normalized spacial score (nSPS) is 16.1. The van der Waals surface area contributed by atoms with Gasteiger partial charge >= 0.3 is 0 Å². The first-order valence-corrected chi connectivity index (χ1v) is 11.0. The first kappa shape index (κ1) is 18.6. The van der Waals surface area contributed by atoms with Crippen molar-refractivity contribution in [3.8, 4) is 10.6 Å². The van der Waals surface area contributed by atoms with E-state index in [0.29, 0.717) is 10.6 Å². The SMILES string of the molecule is CC(Sc1n[nH]c(CCC2CCCC2)n1)c1nnc(-c2ccccc2F)s1. The fraction of sp³-hybridized carbons (Fsp3) is 0.474. The largest absolute Gasteiger partial charge is 0.262 e. The first-order valence-electron chi connectivity index (χ1n) is 9.35. The van der Waals surface area contributed by atoms with Crippen molar-refractivity contribution >= 4 is 23.1 Å². The van der Waals surface area contributed by atoms with Gasteiger partial charge in [-0.25, -0.2) is 9.37 Å². The molecule has 4 rings (SSSR count). The Kier molecular flexibility index (Phi) is 5.83. The molecule has 1 unspecified atom stereocenters. The smallest absolute Gasteiger partial charge is 0.209 e. The van der Waals surface area contributed by atoms with Crippen molar-refractivity contribution in [2.45, 2.75) is 55.9 Å². The molecule has 2 heterocycles. The van der Waals surface area contributed by atoms with Crippen LogP contribution >= 0.6 is 23.1 Å². The Bertz CT molecular complexity index is 888. The molecule has 1 saturated carbocycles. The molecule has 5 nitrogen and oxygen atoms in total. The van der Waals surface area contributed by atoms with Gasteiger partial charge in [-0.3, -0.25) is 5.10 Å². The molecule has 142 valence electrons. The van der Waals surface area contributed by atoms with Crippen LogP contribution in [0.5, 0.6) is 0 Å². The Morgan fingerprint density at radius 3 is 2.89 bits per heavy atom. The summed E-state index contributed by atoms with van der Waals surface area (Å²) in [5.41, 5.74) is 0.491. The van der Waals surface area contributed by atoms with Crippen LogP contribution in [0.2, 0.25) is 0 Å². The Hall–Kier alpha value is -1.80.